The zero-order valence-electron chi connectivity index (χ0n) is 16.6. The molecule has 0 radical (unpaired) electrons. The molecule has 1 unspecified atom stereocenters. The summed E-state index contributed by atoms with van der Waals surface area (Å²) in [6.07, 6.45) is 4.67. The molecule has 6 nitrogen and oxygen atoms in total. The number of piperidine rings is 2. The molecule has 1 spiro atoms. The zero-order valence-corrected chi connectivity index (χ0v) is 16.6. The van der Waals surface area contributed by atoms with Crippen molar-refractivity contribution < 1.29 is 14.0 Å². The second-order valence-corrected chi connectivity index (χ2v) is 8.13. The third-order valence-electron chi connectivity index (χ3n) is 6.36. The fraction of sp³-hybridized carbons (Fsp3) is 0.500. The van der Waals surface area contributed by atoms with Gasteiger partial charge in [-0.05, 0) is 30.2 Å². The van der Waals surface area contributed by atoms with E-state index >= 15 is 0 Å². The van der Waals surface area contributed by atoms with Gasteiger partial charge in [-0.15, -0.1) is 0 Å². The van der Waals surface area contributed by atoms with Crippen LogP contribution >= 0.6 is 0 Å². The Bertz CT molecular complexity index is 853. The maximum absolute atomic E-state index is 12.9. The number of nitrogens with zero attached hydrogens (tertiary/aromatic N) is 3. The average molecular weight is 381 g/mol. The van der Waals surface area contributed by atoms with Crippen molar-refractivity contribution in [1.82, 2.24) is 14.8 Å². The van der Waals surface area contributed by atoms with E-state index in [4.69, 9.17) is 4.42 Å². The number of benzene rings is 1. The molecule has 2 aliphatic heterocycles. The highest BCUT2D eigenvalue weighted by Crippen LogP contribution is 2.45. The largest absolute Gasteiger partial charge is 0.448 e. The minimum atomic E-state index is -0.0931. The molecule has 1 atom stereocenters. The van der Waals surface area contributed by atoms with Gasteiger partial charge in [-0.3, -0.25) is 9.59 Å². The normalized spacial score (nSPS) is 21.9. The molecule has 28 heavy (non-hydrogen) atoms. The molecular formula is C22H27N3O3. The van der Waals surface area contributed by atoms with Crippen LogP contribution in [-0.4, -0.2) is 53.3 Å². The lowest BCUT2D eigenvalue weighted by Gasteiger charge is -2.49. The molecule has 0 aliphatic carbocycles. The Morgan fingerprint density at radius 1 is 1.25 bits per heavy atom. The van der Waals surface area contributed by atoms with E-state index in [1.54, 1.807) is 0 Å². The molecule has 2 saturated heterocycles. The van der Waals surface area contributed by atoms with Crippen molar-refractivity contribution >= 4 is 11.8 Å². The summed E-state index contributed by atoms with van der Waals surface area (Å²) < 4.78 is 5.32. The maximum Gasteiger partial charge on any atom is 0.276 e. The number of likely N-dealkylation sites (N-methyl/N-ethyl adjacent to an activating group) is 1. The number of carbonyl (C=O) groups is 2. The molecule has 0 N–H and O–H groups in total. The minimum Gasteiger partial charge on any atom is -0.448 e. The predicted molar refractivity (Wildman–Crippen MR) is 105 cm³/mol. The van der Waals surface area contributed by atoms with Gasteiger partial charge in [0.05, 0.1) is 5.92 Å². The number of rotatable bonds is 3. The lowest BCUT2D eigenvalue weighted by molar-refractivity contribution is -0.139. The van der Waals surface area contributed by atoms with E-state index in [0.717, 1.165) is 31.4 Å². The zero-order chi connectivity index (χ0) is 19.7. The molecule has 0 saturated carbocycles. The van der Waals surface area contributed by atoms with Crippen LogP contribution in [0.5, 0.6) is 0 Å². The molecule has 4 rings (SSSR count). The first-order chi connectivity index (χ1) is 13.5. The van der Waals surface area contributed by atoms with Crippen molar-refractivity contribution in [2.24, 2.45) is 5.41 Å². The van der Waals surface area contributed by atoms with Crippen molar-refractivity contribution in [1.29, 1.82) is 0 Å². The fourth-order valence-electron chi connectivity index (χ4n) is 4.77. The summed E-state index contributed by atoms with van der Waals surface area (Å²) in [4.78, 5) is 33.5. The van der Waals surface area contributed by atoms with Crippen LogP contribution in [0.4, 0.5) is 0 Å². The van der Waals surface area contributed by atoms with Gasteiger partial charge in [0.25, 0.3) is 5.91 Å². The van der Waals surface area contributed by atoms with Crippen molar-refractivity contribution in [2.45, 2.75) is 38.5 Å². The molecule has 0 bridgehead atoms. The van der Waals surface area contributed by atoms with E-state index in [2.05, 4.69) is 4.98 Å². The standard InChI is InChI=1S/C22H27N3O3/c1-3-18-19(23-15-28-18)21(27)25-11-9-22(10-12-25)13-17(20(26)24(2)14-22)16-7-5-4-6-8-16/h4-8,15,17H,3,9-14H2,1-2H3. The molecule has 3 heterocycles. The number of oxazole rings is 1. The summed E-state index contributed by atoms with van der Waals surface area (Å²) >= 11 is 0. The van der Waals surface area contributed by atoms with Crippen LogP contribution in [0.3, 0.4) is 0 Å². The number of likely N-dealkylation sites (tertiary alicyclic amines) is 2. The summed E-state index contributed by atoms with van der Waals surface area (Å²) in [5.74, 6) is 0.715. The van der Waals surface area contributed by atoms with E-state index in [0.29, 0.717) is 31.0 Å². The molecular weight excluding hydrogens is 354 g/mol. The van der Waals surface area contributed by atoms with Gasteiger partial charge in [0, 0.05) is 33.1 Å². The fourth-order valence-corrected chi connectivity index (χ4v) is 4.77. The van der Waals surface area contributed by atoms with E-state index < -0.39 is 0 Å². The lowest BCUT2D eigenvalue weighted by Crippen LogP contribution is -2.53. The van der Waals surface area contributed by atoms with Crippen molar-refractivity contribution in [3.63, 3.8) is 0 Å². The smallest absolute Gasteiger partial charge is 0.276 e. The predicted octanol–water partition coefficient (Wildman–Crippen LogP) is 3.11. The van der Waals surface area contributed by atoms with Gasteiger partial charge >= 0.3 is 0 Å². The van der Waals surface area contributed by atoms with Crippen LogP contribution in [0.2, 0.25) is 0 Å². The Morgan fingerprint density at radius 2 is 1.96 bits per heavy atom. The summed E-state index contributed by atoms with van der Waals surface area (Å²) in [5, 5.41) is 0. The third-order valence-corrected chi connectivity index (χ3v) is 6.36. The quantitative estimate of drug-likeness (QED) is 0.819. The summed E-state index contributed by atoms with van der Waals surface area (Å²) in [6, 6.07) is 10.1. The van der Waals surface area contributed by atoms with Crippen molar-refractivity contribution in [2.75, 3.05) is 26.7 Å². The lowest BCUT2D eigenvalue weighted by atomic mass is 9.67. The van der Waals surface area contributed by atoms with Gasteiger partial charge in [-0.1, -0.05) is 37.3 Å². The molecule has 2 fully saturated rings. The maximum atomic E-state index is 12.9. The molecule has 2 aromatic rings. The van der Waals surface area contributed by atoms with Gasteiger partial charge in [-0.2, -0.15) is 0 Å². The Labute approximate surface area is 165 Å². The van der Waals surface area contributed by atoms with Gasteiger partial charge < -0.3 is 14.2 Å². The summed E-state index contributed by atoms with van der Waals surface area (Å²) in [5.41, 5.74) is 1.60. The first-order valence-electron chi connectivity index (χ1n) is 10.0. The Hall–Kier alpha value is -2.63. The monoisotopic (exact) mass is 381 g/mol. The number of hydrogen-bond acceptors (Lipinski definition) is 4. The Kier molecular flexibility index (Phi) is 4.96. The highest BCUT2D eigenvalue weighted by molar-refractivity contribution is 5.93. The van der Waals surface area contributed by atoms with Gasteiger partial charge in [0.1, 0.15) is 5.76 Å². The van der Waals surface area contributed by atoms with Crippen LogP contribution in [0, 0.1) is 5.41 Å². The second kappa shape index (κ2) is 7.41. The van der Waals surface area contributed by atoms with Crippen LogP contribution in [0.25, 0.3) is 0 Å². The number of amides is 2. The van der Waals surface area contributed by atoms with E-state index in [9.17, 15) is 9.59 Å². The van der Waals surface area contributed by atoms with E-state index in [1.165, 1.54) is 6.39 Å². The topological polar surface area (TPSA) is 66.7 Å². The molecule has 1 aromatic carbocycles. The molecule has 148 valence electrons. The first kappa shape index (κ1) is 18.7. The van der Waals surface area contributed by atoms with Gasteiger partial charge in [0.15, 0.2) is 12.1 Å². The van der Waals surface area contributed by atoms with Crippen LogP contribution < -0.4 is 0 Å². The highest BCUT2D eigenvalue weighted by Gasteiger charge is 2.45. The third kappa shape index (κ3) is 3.32. The summed E-state index contributed by atoms with van der Waals surface area (Å²) in [7, 11) is 1.90. The minimum absolute atomic E-state index is 0.0414. The van der Waals surface area contributed by atoms with Gasteiger partial charge in [0.2, 0.25) is 5.91 Å². The SMILES string of the molecule is CCc1ocnc1C(=O)N1CCC2(CC1)CC(c1ccccc1)C(=O)N(C)C2. The van der Waals surface area contributed by atoms with Crippen LogP contribution in [0.15, 0.2) is 41.1 Å². The highest BCUT2D eigenvalue weighted by atomic mass is 16.3. The number of carbonyl (C=O) groups excluding carboxylic acids is 2. The first-order valence-corrected chi connectivity index (χ1v) is 10.0. The van der Waals surface area contributed by atoms with Gasteiger partial charge in [-0.25, -0.2) is 4.98 Å². The molecule has 2 aliphatic rings. The second-order valence-electron chi connectivity index (χ2n) is 8.13. The number of aryl methyl sites for hydroxylation is 1. The molecule has 1 aromatic heterocycles. The van der Waals surface area contributed by atoms with Crippen LogP contribution in [0.1, 0.15) is 53.9 Å². The number of aromatic nitrogens is 1. The average Bonchev–Trinajstić information content (AvgIpc) is 3.20. The van der Waals surface area contributed by atoms with E-state index in [-0.39, 0.29) is 23.1 Å². The molecule has 6 heteroatoms. The van der Waals surface area contributed by atoms with Crippen molar-refractivity contribution in [3.05, 3.63) is 53.7 Å². The van der Waals surface area contributed by atoms with E-state index in [1.807, 2.05) is 54.1 Å². The number of hydrogen-bond donors (Lipinski definition) is 0. The summed E-state index contributed by atoms with van der Waals surface area (Å²) in [6.45, 7) is 4.11. The van der Waals surface area contributed by atoms with Crippen LogP contribution in [-0.2, 0) is 11.2 Å². The Morgan fingerprint density at radius 3 is 2.64 bits per heavy atom. The van der Waals surface area contributed by atoms with Crippen molar-refractivity contribution in [3.8, 4) is 0 Å². The molecule has 2 amide bonds. The Balaban J connectivity index is 1.48.